The van der Waals surface area contributed by atoms with Crippen molar-refractivity contribution in [2.45, 2.75) is 25.4 Å². The number of amides is 1. The van der Waals surface area contributed by atoms with Gasteiger partial charge in [0.25, 0.3) is 0 Å². The lowest BCUT2D eigenvalue weighted by Crippen LogP contribution is -2.45. The van der Waals surface area contributed by atoms with Crippen molar-refractivity contribution in [3.8, 4) is 6.01 Å². The number of piperidine rings is 1. The van der Waals surface area contributed by atoms with Crippen LogP contribution in [0.15, 0.2) is 41.1 Å². The number of aromatic nitrogens is 2. The van der Waals surface area contributed by atoms with E-state index in [0.29, 0.717) is 24.0 Å². The van der Waals surface area contributed by atoms with Crippen molar-refractivity contribution in [3.63, 3.8) is 0 Å². The first-order valence-corrected chi connectivity index (χ1v) is 8.94. The van der Waals surface area contributed by atoms with Crippen molar-refractivity contribution >= 4 is 33.4 Å². The van der Waals surface area contributed by atoms with E-state index in [4.69, 9.17) is 16.3 Å². The molecule has 5 nitrogen and oxygen atoms in total. The summed E-state index contributed by atoms with van der Waals surface area (Å²) in [4.78, 5) is 22.6. The summed E-state index contributed by atoms with van der Waals surface area (Å²) in [5.41, 5.74) is 0.850. The van der Waals surface area contributed by atoms with Crippen molar-refractivity contribution in [3.05, 3.63) is 51.7 Å². The summed E-state index contributed by atoms with van der Waals surface area (Å²) in [6, 6.07) is 7.77. The predicted molar refractivity (Wildman–Crippen MR) is 95.1 cm³/mol. The van der Waals surface area contributed by atoms with E-state index in [-0.39, 0.29) is 12.0 Å². The van der Waals surface area contributed by atoms with Crippen molar-refractivity contribution in [2.75, 3.05) is 13.1 Å². The van der Waals surface area contributed by atoms with Crippen LogP contribution in [0.1, 0.15) is 18.4 Å². The Kier molecular flexibility index (Phi) is 5.68. The fourth-order valence-electron chi connectivity index (χ4n) is 2.69. The summed E-state index contributed by atoms with van der Waals surface area (Å²) in [7, 11) is 0. The zero-order valence-corrected chi connectivity index (χ0v) is 15.3. The Bertz CT molecular complexity index is 711. The monoisotopic (exact) mass is 409 g/mol. The average Bonchev–Trinajstić information content (AvgIpc) is 2.59. The normalized spacial score (nSPS) is 17.6. The standard InChI is InChI=1S/C17H17BrClN3O2/c18-13-9-20-17(21-10-13)24-14-5-3-7-22(11-14)16(23)8-12-4-1-2-6-15(12)19/h1-2,4,6,9-10,14H,3,5,7-8,11H2/t14-/m1/s1. The van der Waals surface area contributed by atoms with Crippen LogP contribution >= 0.6 is 27.5 Å². The van der Waals surface area contributed by atoms with Gasteiger partial charge in [0, 0.05) is 24.0 Å². The van der Waals surface area contributed by atoms with Crippen molar-refractivity contribution < 1.29 is 9.53 Å². The van der Waals surface area contributed by atoms with E-state index in [1.54, 1.807) is 18.5 Å². The van der Waals surface area contributed by atoms with Crippen LogP contribution in [0.3, 0.4) is 0 Å². The van der Waals surface area contributed by atoms with Crippen LogP contribution in [-0.4, -0.2) is 40.0 Å². The molecule has 0 spiro atoms. The third-order valence-electron chi connectivity index (χ3n) is 3.90. The molecular weight excluding hydrogens is 394 g/mol. The molecule has 1 aliphatic heterocycles. The number of carbonyl (C=O) groups is 1. The fraction of sp³-hybridized carbons (Fsp3) is 0.353. The van der Waals surface area contributed by atoms with Gasteiger partial charge in [-0.1, -0.05) is 29.8 Å². The molecule has 24 heavy (non-hydrogen) atoms. The largest absolute Gasteiger partial charge is 0.458 e. The van der Waals surface area contributed by atoms with Crippen molar-refractivity contribution in [2.24, 2.45) is 0 Å². The number of ether oxygens (including phenoxy) is 1. The highest BCUT2D eigenvalue weighted by atomic mass is 79.9. The quantitative estimate of drug-likeness (QED) is 0.774. The van der Waals surface area contributed by atoms with Gasteiger partial charge in [-0.25, -0.2) is 9.97 Å². The van der Waals surface area contributed by atoms with Crippen LogP contribution < -0.4 is 4.74 Å². The van der Waals surface area contributed by atoms with Gasteiger partial charge >= 0.3 is 6.01 Å². The van der Waals surface area contributed by atoms with Gasteiger partial charge in [-0.3, -0.25) is 4.79 Å². The number of hydrogen-bond donors (Lipinski definition) is 0. The molecule has 2 heterocycles. The van der Waals surface area contributed by atoms with Crippen molar-refractivity contribution in [1.82, 2.24) is 14.9 Å². The van der Waals surface area contributed by atoms with Crippen LogP contribution in [0.25, 0.3) is 0 Å². The van der Waals surface area contributed by atoms with Crippen LogP contribution in [0.4, 0.5) is 0 Å². The minimum absolute atomic E-state index is 0.0631. The number of nitrogens with zero attached hydrogens (tertiary/aromatic N) is 3. The van der Waals surface area contributed by atoms with Crippen LogP contribution in [0, 0.1) is 0 Å². The van der Waals surface area contributed by atoms with E-state index in [1.807, 2.05) is 23.1 Å². The maximum atomic E-state index is 12.5. The third kappa shape index (κ3) is 4.45. The van der Waals surface area contributed by atoms with Crippen LogP contribution in [0.2, 0.25) is 5.02 Å². The van der Waals surface area contributed by atoms with E-state index >= 15 is 0 Å². The summed E-state index contributed by atoms with van der Waals surface area (Å²) in [6.45, 7) is 1.28. The number of halogens is 2. The van der Waals surface area contributed by atoms with Gasteiger partial charge in [-0.15, -0.1) is 0 Å². The molecule has 1 aliphatic rings. The van der Waals surface area contributed by atoms with Crippen LogP contribution in [-0.2, 0) is 11.2 Å². The van der Waals surface area contributed by atoms with Gasteiger partial charge in [-0.05, 0) is 40.4 Å². The maximum absolute atomic E-state index is 12.5. The number of hydrogen-bond acceptors (Lipinski definition) is 4. The smallest absolute Gasteiger partial charge is 0.316 e. The first-order chi connectivity index (χ1) is 11.6. The summed E-state index contributed by atoms with van der Waals surface area (Å²) in [5.74, 6) is 0.0631. The second-order valence-electron chi connectivity index (χ2n) is 5.67. The number of benzene rings is 1. The van der Waals surface area contributed by atoms with E-state index in [0.717, 1.165) is 29.4 Å². The lowest BCUT2D eigenvalue weighted by molar-refractivity contribution is -0.133. The van der Waals surface area contributed by atoms with Gasteiger partial charge in [-0.2, -0.15) is 0 Å². The fourth-order valence-corrected chi connectivity index (χ4v) is 3.10. The Hall–Kier alpha value is -1.66. The topological polar surface area (TPSA) is 55.3 Å². The van der Waals surface area contributed by atoms with Gasteiger partial charge in [0.15, 0.2) is 0 Å². The number of rotatable bonds is 4. The average molecular weight is 411 g/mol. The molecule has 0 saturated carbocycles. The molecule has 1 aromatic heterocycles. The molecule has 0 aliphatic carbocycles. The van der Waals surface area contributed by atoms with E-state index in [9.17, 15) is 4.79 Å². The molecule has 0 unspecified atom stereocenters. The molecule has 1 saturated heterocycles. The Morgan fingerprint density at radius 3 is 2.83 bits per heavy atom. The Morgan fingerprint density at radius 1 is 1.33 bits per heavy atom. The minimum atomic E-state index is -0.0879. The highest BCUT2D eigenvalue weighted by molar-refractivity contribution is 9.10. The first-order valence-electron chi connectivity index (χ1n) is 7.77. The second kappa shape index (κ2) is 7.94. The van der Waals surface area contributed by atoms with Gasteiger partial charge < -0.3 is 9.64 Å². The van der Waals surface area contributed by atoms with Gasteiger partial charge in [0.1, 0.15) is 6.10 Å². The van der Waals surface area contributed by atoms with E-state index < -0.39 is 0 Å². The Morgan fingerprint density at radius 2 is 2.08 bits per heavy atom. The Balaban J connectivity index is 1.59. The molecule has 1 aromatic carbocycles. The third-order valence-corrected chi connectivity index (χ3v) is 4.68. The lowest BCUT2D eigenvalue weighted by atomic mass is 10.1. The molecule has 7 heteroatoms. The molecule has 2 aromatic rings. The SMILES string of the molecule is O=C(Cc1ccccc1Cl)N1CCC[C@@H](Oc2ncc(Br)cn2)C1. The molecule has 1 amide bonds. The Labute approximate surface area is 154 Å². The molecule has 1 atom stereocenters. The van der Waals surface area contributed by atoms with Crippen molar-refractivity contribution in [1.29, 1.82) is 0 Å². The molecule has 0 radical (unpaired) electrons. The van der Waals surface area contributed by atoms with Gasteiger partial charge in [0.05, 0.1) is 17.4 Å². The molecular formula is C17H17BrClN3O2. The number of carbonyl (C=O) groups excluding carboxylic acids is 1. The molecule has 1 fully saturated rings. The van der Waals surface area contributed by atoms with Gasteiger partial charge in [0.2, 0.25) is 5.91 Å². The lowest BCUT2D eigenvalue weighted by Gasteiger charge is -2.32. The maximum Gasteiger partial charge on any atom is 0.316 e. The second-order valence-corrected chi connectivity index (χ2v) is 7.00. The zero-order chi connectivity index (χ0) is 16.9. The predicted octanol–water partition coefficient (Wildman–Crippen LogP) is 3.51. The summed E-state index contributed by atoms with van der Waals surface area (Å²) in [5, 5.41) is 0.624. The highest BCUT2D eigenvalue weighted by Gasteiger charge is 2.25. The summed E-state index contributed by atoms with van der Waals surface area (Å²) < 4.78 is 6.60. The van der Waals surface area contributed by atoms with Crippen LogP contribution in [0.5, 0.6) is 6.01 Å². The molecule has 0 bridgehead atoms. The highest BCUT2D eigenvalue weighted by Crippen LogP contribution is 2.20. The van der Waals surface area contributed by atoms with E-state index in [2.05, 4.69) is 25.9 Å². The van der Waals surface area contributed by atoms with E-state index in [1.165, 1.54) is 0 Å². The first kappa shape index (κ1) is 17.2. The molecule has 3 rings (SSSR count). The molecule has 0 N–H and O–H groups in total. The number of likely N-dealkylation sites (tertiary alicyclic amines) is 1. The zero-order valence-electron chi connectivity index (χ0n) is 13.0. The summed E-state index contributed by atoms with van der Waals surface area (Å²) >= 11 is 9.43. The minimum Gasteiger partial charge on any atom is -0.458 e. The molecule has 126 valence electrons. The summed E-state index contributed by atoms with van der Waals surface area (Å²) in [6.07, 6.45) is 5.29.